The van der Waals surface area contributed by atoms with Crippen LogP contribution in [0.2, 0.25) is 1.41 Å². The lowest BCUT2D eigenvalue weighted by molar-refractivity contribution is 0.0946. The minimum atomic E-state index is -3.81. The van der Waals surface area contributed by atoms with Gasteiger partial charge in [-0.05, 0) is 58.6 Å². The second-order valence-electron chi connectivity index (χ2n) is 5.71. The molecule has 1 fully saturated rings. The maximum Gasteiger partial charge on any atom is 0.293 e. The van der Waals surface area contributed by atoms with Crippen molar-refractivity contribution >= 4 is 27.5 Å². The van der Waals surface area contributed by atoms with Crippen molar-refractivity contribution in [1.82, 2.24) is 14.8 Å². The Balaban J connectivity index is 2.14. The number of fused-ring (bicyclic) bond motifs is 1. The van der Waals surface area contributed by atoms with E-state index in [1.165, 1.54) is 4.90 Å². The van der Waals surface area contributed by atoms with Gasteiger partial charge in [0.15, 0.2) is 6.54 Å². The van der Waals surface area contributed by atoms with Crippen LogP contribution in [-0.4, -0.2) is 48.0 Å². The molecule has 148 valence electrons. The molecule has 3 heterocycles. The topological polar surface area (TPSA) is 74.6 Å². The standard InChI is InChI=1S/C19H26FN3O3S/c1-12(2)23-18(26)15(16(24)13-11-14(20)27-19(13)23)17(25)21-7-6-10-22-8-4-3-5-9-22/h11-12,24H,3-10H2,1-2H3,(H,21,25)/i1D3,2D3,3D2,10D2,11D,12D/hD2. The smallest absolute Gasteiger partial charge is 0.293 e. The molecular formula is C19H26FN3O3S. The normalized spacial score (nSPS) is 26.7. The van der Waals surface area contributed by atoms with Crippen LogP contribution in [0.25, 0.3) is 10.2 Å². The van der Waals surface area contributed by atoms with E-state index in [-0.39, 0.29) is 47.1 Å². The number of amides is 1. The van der Waals surface area contributed by atoms with Gasteiger partial charge in [0.1, 0.15) is 16.1 Å². The van der Waals surface area contributed by atoms with Gasteiger partial charge >= 0.3 is 0 Å². The van der Waals surface area contributed by atoms with Gasteiger partial charge in [-0.3, -0.25) is 14.2 Å². The third-order valence-corrected chi connectivity index (χ3v) is 4.82. The zero-order valence-corrected chi connectivity index (χ0v) is 14.9. The summed E-state index contributed by atoms with van der Waals surface area (Å²) >= 11 is -0.0619. The van der Waals surface area contributed by atoms with Gasteiger partial charge in [0, 0.05) is 26.3 Å². The Kier molecular flexibility index (Phi) is 2.68. The second-order valence-corrected chi connectivity index (χ2v) is 6.66. The lowest BCUT2D eigenvalue weighted by Crippen LogP contribution is -2.36. The molecule has 0 unspecified atom stereocenters. The van der Waals surface area contributed by atoms with Crippen molar-refractivity contribution in [2.45, 2.75) is 45.4 Å². The number of aromatic hydroxyl groups is 1. The minimum absolute atomic E-state index is 0.0499. The summed E-state index contributed by atoms with van der Waals surface area (Å²) in [6.07, 6.45) is -1.88. The van der Waals surface area contributed by atoms with Crippen LogP contribution in [0.3, 0.4) is 0 Å². The van der Waals surface area contributed by atoms with Crippen molar-refractivity contribution < 1.29 is 32.2 Å². The van der Waals surface area contributed by atoms with E-state index in [1.807, 2.05) is 0 Å². The van der Waals surface area contributed by atoms with Crippen molar-refractivity contribution in [3.8, 4) is 5.75 Å². The number of pyridine rings is 1. The van der Waals surface area contributed by atoms with Crippen LogP contribution in [0, 0.1) is 5.13 Å². The van der Waals surface area contributed by atoms with Crippen LogP contribution >= 0.6 is 11.3 Å². The average molecular weight is 410 g/mol. The first kappa shape index (κ1) is 8.61. The number of hydrogen-bond donors (Lipinski definition) is 2. The van der Waals surface area contributed by atoms with Crippen LogP contribution in [-0.2, 0) is 0 Å². The highest BCUT2D eigenvalue weighted by Gasteiger charge is 2.25. The zero-order chi connectivity index (χ0) is 31.5. The highest BCUT2D eigenvalue weighted by Crippen LogP contribution is 2.33. The molecule has 8 heteroatoms. The number of likely N-dealkylation sites (tertiary alicyclic amines) is 1. The third-order valence-electron chi connectivity index (χ3n) is 3.95. The molecule has 0 aromatic carbocycles. The molecule has 1 saturated heterocycles. The summed E-state index contributed by atoms with van der Waals surface area (Å²) in [5.74, 6) is -2.67. The molecule has 2 N–H and O–H groups in total. The molecule has 0 atom stereocenters. The Labute approximate surface area is 181 Å². The van der Waals surface area contributed by atoms with E-state index in [9.17, 15) is 14.0 Å². The first-order chi connectivity index (χ1) is 18.5. The summed E-state index contributed by atoms with van der Waals surface area (Å²) < 4.78 is 125. The molecule has 0 bridgehead atoms. The highest BCUT2D eigenvalue weighted by molar-refractivity contribution is 7.17. The van der Waals surface area contributed by atoms with Gasteiger partial charge in [-0.25, -0.2) is 0 Å². The quantitative estimate of drug-likeness (QED) is 0.737. The van der Waals surface area contributed by atoms with Gasteiger partial charge < -0.3 is 15.3 Å². The van der Waals surface area contributed by atoms with E-state index in [4.69, 9.17) is 19.3 Å². The number of halogens is 1. The average Bonchev–Trinajstić information content (AvgIpc) is 3.12. The molecule has 1 aliphatic heterocycles. The largest absolute Gasteiger partial charge is 0.506 e. The van der Waals surface area contributed by atoms with E-state index in [2.05, 4.69) is 5.11 Å². The molecule has 0 aliphatic carbocycles. The predicted octanol–water partition coefficient (Wildman–Crippen LogP) is 3.09. The second kappa shape index (κ2) is 8.39. The molecule has 1 amide bonds. The summed E-state index contributed by atoms with van der Waals surface area (Å²) in [6, 6.07) is -4.88. The Morgan fingerprint density at radius 1 is 1.67 bits per heavy atom. The number of nitrogens with one attached hydrogen (secondary N) is 1. The molecule has 2 aromatic heterocycles. The Morgan fingerprint density at radius 3 is 3.15 bits per heavy atom. The number of aromatic nitrogens is 1. The predicted molar refractivity (Wildman–Crippen MR) is 105 cm³/mol. The van der Waals surface area contributed by atoms with Crippen LogP contribution < -0.4 is 10.9 Å². The van der Waals surface area contributed by atoms with Crippen molar-refractivity contribution in [2.75, 3.05) is 26.1 Å². The Bertz CT molecular complexity index is 1370. The molecule has 0 saturated carbocycles. The molecule has 0 spiro atoms. The summed E-state index contributed by atoms with van der Waals surface area (Å²) in [5.41, 5.74) is -3.11. The lowest BCUT2D eigenvalue weighted by Gasteiger charge is -2.26. The van der Waals surface area contributed by atoms with Gasteiger partial charge in [-0.2, -0.15) is 4.39 Å². The van der Waals surface area contributed by atoms with Crippen LogP contribution in [0.15, 0.2) is 10.8 Å². The molecular weight excluding hydrogens is 369 g/mol. The number of carbonyl (C=O) groups is 1. The fourth-order valence-electron chi connectivity index (χ4n) is 2.71. The van der Waals surface area contributed by atoms with Gasteiger partial charge in [0.2, 0.25) is 0 Å². The molecule has 6 nitrogen and oxygen atoms in total. The van der Waals surface area contributed by atoms with Gasteiger partial charge in [-0.15, -0.1) is 0 Å². The first-order valence-corrected chi connectivity index (χ1v) is 8.90. The van der Waals surface area contributed by atoms with Gasteiger partial charge in [0.25, 0.3) is 12.9 Å². The number of nitrogens with zero attached hydrogens (tertiary/aromatic N) is 2. The Hall–Kier alpha value is -1.93. The monoisotopic (exact) mass is 409 g/mol. The summed E-state index contributed by atoms with van der Waals surface area (Å²) in [7, 11) is 0. The maximum absolute atomic E-state index is 14.6. The number of thiophene rings is 1. The van der Waals surface area contributed by atoms with E-state index in [0.717, 1.165) is 0 Å². The van der Waals surface area contributed by atoms with Crippen molar-refractivity contribution in [3.63, 3.8) is 0 Å². The van der Waals surface area contributed by atoms with Crippen molar-refractivity contribution in [1.29, 1.82) is 1.43 Å². The highest BCUT2D eigenvalue weighted by atomic mass is 32.1. The van der Waals surface area contributed by atoms with Gasteiger partial charge in [0.05, 0.1) is 8.13 Å². The van der Waals surface area contributed by atoms with E-state index >= 15 is 0 Å². The zero-order valence-electron chi connectivity index (χ0n) is 28.1. The van der Waals surface area contributed by atoms with Crippen LogP contribution in [0.4, 0.5) is 4.39 Å². The summed E-state index contributed by atoms with van der Waals surface area (Å²) in [4.78, 5) is 27.4. The van der Waals surface area contributed by atoms with Crippen molar-refractivity contribution in [3.05, 3.63) is 27.1 Å². The molecule has 0 radical (unpaired) electrons. The SMILES string of the molecule is [2H]Oc1c(C(=O)N([2H])CCC([2H])([2H])N2CCC([2H])([2H])CC2)c(=O)n(C([2H])(C([2H])([2H])[2H])C([2H])([2H])[2H])c2sc(F)c([2H])c12. The summed E-state index contributed by atoms with van der Waals surface area (Å²) in [6.45, 7) is -10.3. The van der Waals surface area contributed by atoms with E-state index in [0.29, 0.717) is 0 Å². The summed E-state index contributed by atoms with van der Waals surface area (Å²) in [5, 5.41) is 2.26. The fourth-order valence-corrected chi connectivity index (χ4v) is 3.54. The third kappa shape index (κ3) is 4.16. The van der Waals surface area contributed by atoms with Crippen molar-refractivity contribution in [2.24, 2.45) is 0 Å². The number of piperidine rings is 1. The lowest BCUT2D eigenvalue weighted by atomic mass is 10.1. The van der Waals surface area contributed by atoms with Crippen LogP contribution in [0.5, 0.6) is 5.75 Å². The Morgan fingerprint density at radius 2 is 2.44 bits per heavy atom. The fraction of sp³-hybridized carbons (Fsp3) is 0.579. The van der Waals surface area contributed by atoms with E-state index < -0.39 is 89.7 Å². The maximum atomic E-state index is 14.6. The number of carbonyl (C=O) groups excluding carboxylic acids is 1. The molecule has 3 rings (SSSR count). The number of hydrogen-bond acceptors (Lipinski definition) is 5. The molecule has 27 heavy (non-hydrogen) atoms. The van der Waals surface area contributed by atoms with Crippen LogP contribution in [0.1, 0.15) is 72.2 Å². The number of rotatable bonds is 7. The van der Waals surface area contributed by atoms with Gasteiger partial charge in [-0.1, -0.05) is 17.7 Å². The molecule has 2 aromatic rings. The molecule has 1 aliphatic rings. The van der Waals surface area contributed by atoms with E-state index in [1.54, 1.807) is 0 Å². The first-order valence-electron chi connectivity index (χ1n) is 14.9. The minimum Gasteiger partial charge on any atom is -0.506 e.